The number of unbranched alkanes of at least 4 members (excludes halogenated alkanes) is 1. The number of hydrogen-bond donors (Lipinski definition) is 0. The molecule has 0 N–H and O–H groups in total. The lowest BCUT2D eigenvalue weighted by atomic mass is 9.93. The van der Waals surface area contributed by atoms with Crippen LogP contribution >= 0.6 is 0 Å². The van der Waals surface area contributed by atoms with Gasteiger partial charge in [0.2, 0.25) is 0 Å². The van der Waals surface area contributed by atoms with E-state index in [1.165, 1.54) is 44.9 Å². The van der Waals surface area contributed by atoms with E-state index in [1.807, 2.05) is 0 Å². The molecule has 0 fully saturated rings. The third-order valence-corrected chi connectivity index (χ3v) is 3.40. The summed E-state index contributed by atoms with van der Waals surface area (Å²) in [6.45, 7) is 2.27. The van der Waals surface area contributed by atoms with Gasteiger partial charge in [0, 0.05) is 18.9 Å². The lowest BCUT2D eigenvalue weighted by Crippen LogP contribution is -2.05. The first-order valence-corrected chi connectivity index (χ1v) is 5.99. The average Bonchev–Trinajstić information content (AvgIpc) is 2.54. The third kappa shape index (κ3) is 1.73. The summed E-state index contributed by atoms with van der Waals surface area (Å²) in [6, 6.07) is 0. The molecule has 78 valence electrons. The SMILES string of the molecule is CCCCc1cn(C)c2c1CCCC2. The fourth-order valence-electron chi connectivity index (χ4n) is 2.60. The van der Waals surface area contributed by atoms with Crippen LogP contribution in [0.4, 0.5) is 0 Å². The second-order valence-electron chi connectivity index (χ2n) is 4.50. The highest BCUT2D eigenvalue weighted by Gasteiger charge is 2.16. The molecule has 2 rings (SSSR count). The minimum absolute atomic E-state index is 1.29. The van der Waals surface area contributed by atoms with Crippen molar-refractivity contribution in [2.75, 3.05) is 0 Å². The fourth-order valence-corrected chi connectivity index (χ4v) is 2.60. The first-order chi connectivity index (χ1) is 6.83. The Kier molecular flexibility index (Phi) is 2.95. The molecule has 0 aliphatic heterocycles. The molecule has 0 saturated carbocycles. The molecule has 1 heterocycles. The predicted molar refractivity (Wildman–Crippen MR) is 60.7 cm³/mol. The smallest absolute Gasteiger partial charge is 0.0206 e. The van der Waals surface area contributed by atoms with Gasteiger partial charge >= 0.3 is 0 Å². The van der Waals surface area contributed by atoms with E-state index in [4.69, 9.17) is 0 Å². The van der Waals surface area contributed by atoms with Gasteiger partial charge in [0.15, 0.2) is 0 Å². The van der Waals surface area contributed by atoms with Gasteiger partial charge in [0.1, 0.15) is 0 Å². The summed E-state index contributed by atoms with van der Waals surface area (Å²) < 4.78 is 2.36. The van der Waals surface area contributed by atoms with Gasteiger partial charge in [0.25, 0.3) is 0 Å². The van der Waals surface area contributed by atoms with E-state index in [0.29, 0.717) is 0 Å². The van der Waals surface area contributed by atoms with Crippen LogP contribution in [0.1, 0.15) is 49.4 Å². The molecule has 0 spiro atoms. The molecule has 0 bridgehead atoms. The van der Waals surface area contributed by atoms with Gasteiger partial charge in [-0.05, 0) is 49.7 Å². The Morgan fingerprint density at radius 1 is 1.29 bits per heavy atom. The number of nitrogens with zero attached hydrogens (tertiary/aromatic N) is 1. The van der Waals surface area contributed by atoms with E-state index in [-0.39, 0.29) is 0 Å². The lowest BCUT2D eigenvalue weighted by Gasteiger charge is -2.14. The molecule has 0 amide bonds. The van der Waals surface area contributed by atoms with E-state index in [0.717, 1.165) is 0 Å². The van der Waals surface area contributed by atoms with Gasteiger partial charge in [-0.25, -0.2) is 0 Å². The van der Waals surface area contributed by atoms with Gasteiger partial charge in [-0.2, -0.15) is 0 Å². The quantitative estimate of drug-likeness (QED) is 0.691. The Bertz CT molecular complexity index is 309. The Hall–Kier alpha value is -0.720. The number of aryl methyl sites for hydroxylation is 2. The summed E-state index contributed by atoms with van der Waals surface area (Å²) in [5, 5.41) is 0. The number of fused-ring (bicyclic) bond motifs is 1. The standard InChI is InChI=1S/C13H21N/c1-3-4-7-11-10-14(2)13-9-6-5-8-12(11)13/h10H,3-9H2,1-2H3. The molecule has 1 aromatic rings. The van der Waals surface area contributed by atoms with Crippen LogP contribution in [-0.2, 0) is 26.3 Å². The van der Waals surface area contributed by atoms with Crippen LogP contribution in [0.2, 0.25) is 0 Å². The molecule has 0 saturated heterocycles. The van der Waals surface area contributed by atoms with Crippen molar-refractivity contribution in [3.8, 4) is 0 Å². The minimum atomic E-state index is 1.29. The summed E-state index contributed by atoms with van der Waals surface area (Å²) in [5.74, 6) is 0. The number of aromatic nitrogens is 1. The van der Waals surface area contributed by atoms with Crippen molar-refractivity contribution < 1.29 is 0 Å². The van der Waals surface area contributed by atoms with Crippen LogP contribution in [0.15, 0.2) is 6.20 Å². The Balaban J connectivity index is 2.23. The number of hydrogen-bond acceptors (Lipinski definition) is 0. The normalized spacial score (nSPS) is 15.6. The van der Waals surface area contributed by atoms with E-state index < -0.39 is 0 Å². The van der Waals surface area contributed by atoms with Crippen molar-refractivity contribution in [3.05, 3.63) is 23.0 Å². The topological polar surface area (TPSA) is 4.93 Å². The van der Waals surface area contributed by atoms with Crippen molar-refractivity contribution in [2.45, 2.75) is 51.9 Å². The van der Waals surface area contributed by atoms with Gasteiger partial charge in [0.05, 0.1) is 0 Å². The molecule has 0 radical (unpaired) electrons. The molecular weight excluding hydrogens is 170 g/mol. The van der Waals surface area contributed by atoms with Gasteiger partial charge in [-0.15, -0.1) is 0 Å². The molecule has 1 aliphatic carbocycles. The van der Waals surface area contributed by atoms with Crippen LogP contribution in [0.25, 0.3) is 0 Å². The highest BCUT2D eigenvalue weighted by Crippen LogP contribution is 2.26. The Morgan fingerprint density at radius 3 is 2.86 bits per heavy atom. The second-order valence-corrected chi connectivity index (χ2v) is 4.50. The maximum absolute atomic E-state index is 2.37. The van der Waals surface area contributed by atoms with E-state index in [9.17, 15) is 0 Å². The fraction of sp³-hybridized carbons (Fsp3) is 0.692. The zero-order valence-electron chi connectivity index (χ0n) is 9.47. The molecule has 1 aromatic heterocycles. The average molecular weight is 191 g/mol. The van der Waals surface area contributed by atoms with Gasteiger partial charge in [-0.3, -0.25) is 0 Å². The molecule has 0 unspecified atom stereocenters. The molecule has 14 heavy (non-hydrogen) atoms. The van der Waals surface area contributed by atoms with Crippen molar-refractivity contribution >= 4 is 0 Å². The molecule has 1 heteroatoms. The highest BCUT2D eigenvalue weighted by molar-refractivity contribution is 5.34. The monoisotopic (exact) mass is 191 g/mol. The van der Waals surface area contributed by atoms with Crippen LogP contribution in [0, 0.1) is 0 Å². The van der Waals surface area contributed by atoms with Crippen LogP contribution in [-0.4, -0.2) is 4.57 Å². The van der Waals surface area contributed by atoms with Crippen LogP contribution in [0.3, 0.4) is 0 Å². The summed E-state index contributed by atoms with van der Waals surface area (Å²) in [5.41, 5.74) is 4.93. The molecule has 1 aliphatic rings. The molecule has 0 aromatic carbocycles. The van der Waals surface area contributed by atoms with Crippen LogP contribution < -0.4 is 0 Å². The first kappa shape index (κ1) is 9.82. The minimum Gasteiger partial charge on any atom is -0.354 e. The maximum Gasteiger partial charge on any atom is 0.0206 e. The van der Waals surface area contributed by atoms with Crippen molar-refractivity contribution in [1.29, 1.82) is 0 Å². The highest BCUT2D eigenvalue weighted by atomic mass is 14.9. The van der Waals surface area contributed by atoms with Crippen molar-refractivity contribution in [1.82, 2.24) is 4.57 Å². The molecular formula is C13H21N. The zero-order chi connectivity index (χ0) is 9.97. The second kappa shape index (κ2) is 4.20. The lowest BCUT2D eigenvalue weighted by molar-refractivity contribution is 0.645. The molecule has 0 atom stereocenters. The van der Waals surface area contributed by atoms with Crippen LogP contribution in [0.5, 0.6) is 0 Å². The Morgan fingerprint density at radius 2 is 2.07 bits per heavy atom. The van der Waals surface area contributed by atoms with Gasteiger partial charge in [-0.1, -0.05) is 13.3 Å². The van der Waals surface area contributed by atoms with E-state index >= 15 is 0 Å². The van der Waals surface area contributed by atoms with Crippen molar-refractivity contribution in [3.63, 3.8) is 0 Å². The summed E-state index contributed by atoms with van der Waals surface area (Å²) >= 11 is 0. The predicted octanol–water partition coefficient (Wildman–Crippen LogP) is 3.25. The van der Waals surface area contributed by atoms with E-state index in [2.05, 4.69) is 24.7 Å². The largest absolute Gasteiger partial charge is 0.354 e. The summed E-state index contributed by atoms with van der Waals surface area (Å²) in [6.07, 6.45) is 11.7. The molecule has 1 nitrogen and oxygen atoms in total. The summed E-state index contributed by atoms with van der Waals surface area (Å²) in [7, 11) is 2.21. The van der Waals surface area contributed by atoms with Crippen molar-refractivity contribution in [2.24, 2.45) is 7.05 Å². The maximum atomic E-state index is 2.37. The zero-order valence-corrected chi connectivity index (χ0v) is 9.47. The number of rotatable bonds is 3. The summed E-state index contributed by atoms with van der Waals surface area (Å²) in [4.78, 5) is 0. The van der Waals surface area contributed by atoms with Gasteiger partial charge < -0.3 is 4.57 Å². The van der Waals surface area contributed by atoms with E-state index in [1.54, 1.807) is 16.8 Å². The Labute approximate surface area is 87.1 Å². The third-order valence-electron chi connectivity index (χ3n) is 3.40. The first-order valence-electron chi connectivity index (χ1n) is 5.99.